The van der Waals surface area contributed by atoms with E-state index in [1.54, 1.807) is 20.5 Å². The number of halogens is 1. The second-order valence-electron chi connectivity index (χ2n) is 9.10. The van der Waals surface area contributed by atoms with Gasteiger partial charge >= 0.3 is 0 Å². The second-order valence-corrected chi connectivity index (χ2v) is 9.51. The molecule has 0 atom stereocenters. The Balaban J connectivity index is 1.31. The molecule has 190 valence electrons. The van der Waals surface area contributed by atoms with Crippen LogP contribution in [0.1, 0.15) is 16.8 Å². The molecule has 8 nitrogen and oxygen atoms in total. The molecule has 0 aliphatic carbocycles. The van der Waals surface area contributed by atoms with Crippen LogP contribution in [0.25, 0.3) is 10.9 Å². The number of rotatable bonds is 9. The number of imidazole rings is 1. The molecule has 0 amide bonds. The first kappa shape index (κ1) is 24.5. The predicted octanol–water partition coefficient (Wildman–Crippen LogP) is 3.91. The number of hydrogen-bond donors (Lipinski definition) is 2. The van der Waals surface area contributed by atoms with Gasteiger partial charge in [0.05, 0.1) is 38.3 Å². The van der Waals surface area contributed by atoms with Crippen LogP contribution in [0.3, 0.4) is 0 Å². The molecule has 1 aliphatic heterocycles. The molecule has 4 aromatic rings. The summed E-state index contributed by atoms with van der Waals surface area (Å²) in [6.45, 7) is 6.07. The van der Waals surface area contributed by atoms with Gasteiger partial charge in [-0.05, 0) is 30.2 Å². The van der Waals surface area contributed by atoms with Gasteiger partial charge in [0.25, 0.3) is 0 Å². The van der Waals surface area contributed by atoms with E-state index in [1.807, 2.05) is 18.3 Å². The number of methoxy groups -OCH3 is 2. The Kier molecular flexibility index (Phi) is 7.36. The number of fused-ring (bicyclic) bond motifs is 1. The summed E-state index contributed by atoms with van der Waals surface area (Å²) < 4.78 is 13.4. The first-order valence-electron chi connectivity index (χ1n) is 12.3. The van der Waals surface area contributed by atoms with Gasteiger partial charge in [0.1, 0.15) is 0 Å². The molecule has 9 heteroatoms. The second kappa shape index (κ2) is 10.8. The molecule has 1 saturated heterocycles. The lowest BCUT2D eigenvalue weighted by Crippen LogP contribution is -2.47. The summed E-state index contributed by atoms with van der Waals surface area (Å²) in [4.78, 5) is 12.3. The van der Waals surface area contributed by atoms with E-state index in [2.05, 4.69) is 48.7 Å². The predicted molar refractivity (Wildman–Crippen MR) is 144 cm³/mol. The summed E-state index contributed by atoms with van der Waals surface area (Å²) in [5.74, 6) is 1.48. The molecule has 0 bridgehead atoms. The van der Waals surface area contributed by atoms with Gasteiger partial charge < -0.3 is 29.7 Å². The standard InChI is InChI=1S/C27H33ClN6O2/c1-35-26-12-21-19(16-34(17-20-15-30-18-31-20)25(21)13-27(26)36-2)6-7-32-8-10-33(11-9-32)24-5-3-4-23(28)22(24)14-29/h3-5,12-13,15-16,18H,6-11,14,17,29H2,1-2H3,(H,30,31). The SMILES string of the molecule is COc1cc2c(CCN3CCN(c4cccc(Cl)c4CN)CC3)cn(Cc3cnc[nH]3)c2cc1OC. The van der Waals surface area contributed by atoms with E-state index in [1.165, 1.54) is 10.9 Å². The van der Waals surface area contributed by atoms with Crippen LogP contribution in [-0.4, -0.2) is 66.4 Å². The lowest BCUT2D eigenvalue weighted by atomic mass is 10.1. The first-order chi connectivity index (χ1) is 17.6. The van der Waals surface area contributed by atoms with E-state index < -0.39 is 0 Å². The van der Waals surface area contributed by atoms with E-state index in [9.17, 15) is 0 Å². The van der Waals surface area contributed by atoms with E-state index >= 15 is 0 Å². The van der Waals surface area contributed by atoms with Gasteiger partial charge in [0.15, 0.2) is 11.5 Å². The lowest BCUT2D eigenvalue weighted by Gasteiger charge is -2.37. The van der Waals surface area contributed by atoms with Gasteiger partial charge in [0.2, 0.25) is 0 Å². The fourth-order valence-electron chi connectivity index (χ4n) is 5.11. The van der Waals surface area contributed by atoms with Crippen LogP contribution in [0, 0.1) is 0 Å². The maximum atomic E-state index is 6.39. The third-order valence-electron chi connectivity index (χ3n) is 7.07. The number of nitrogens with zero attached hydrogens (tertiary/aromatic N) is 4. The fourth-order valence-corrected chi connectivity index (χ4v) is 5.36. The number of aromatic amines is 1. The van der Waals surface area contributed by atoms with Gasteiger partial charge in [-0.3, -0.25) is 4.90 Å². The maximum Gasteiger partial charge on any atom is 0.162 e. The minimum absolute atomic E-state index is 0.450. The molecule has 0 spiro atoms. The number of aromatic nitrogens is 3. The number of hydrogen-bond acceptors (Lipinski definition) is 6. The Morgan fingerprint density at radius 3 is 2.56 bits per heavy atom. The molecule has 5 rings (SSSR count). The number of benzene rings is 2. The molecule has 1 fully saturated rings. The fraction of sp³-hybridized carbons (Fsp3) is 0.370. The van der Waals surface area contributed by atoms with Crippen LogP contribution < -0.4 is 20.1 Å². The zero-order valence-electron chi connectivity index (χ0n) is 20.8. The van der Waals surface area contributed by atoms with Crippen molar-refractivity contribution in [3.05, 3.63) is 70.9 Å². The van der Waals surface area contributed by atoms with Crippen LogP contribution in [-0.2, 0) is 19.5 Å². The van der Waals surface area contributed by atoms with Crippen molar-refractivity contribution >= 4 is 28.2 Å². The summed E-state index contributed by atoms with van der Waals surface area (Å²) >= 11 is 6.39. The van der Waals surface area contributed by atoms with Crippen LogP contribution in [0.5, 0.6) is 11.5 Å². The molecule has 2 aromatic carbocycles. The average Bonchev–Trinajstić information content (AvgIpc) is 3.54. The normalized spacial score (nSPS) is 14.5. The van der Waals surface area contributed by atoms with Crippen LogP contribution in [0.2, 0.25) is 5.02 Å². The highest BCUT2D eigenvalue weighted by Gasteiger charge is 2.21. The van der Waals surface area contributed by atoms with Crippen molar-refractivity contribution in [3.8, 4) is 11.5 Å². The van der Waals surface area contributed by atoms with E-state index in [0.717, 1.165) is 78.1 Å². The molecule has 36 heavy (non-hydrogen) atoms. The maximum absolute atomic E-state index is 6.39. The highest BCUT2D eigenvalue weighted by Crippen LogP contribution is 2.35. The molecule has 3 heterocycles. The highest BCUT2D eigenvalue weighted by atomic mass is 35.5. The minimum Gasteiger partial charge on any atom is -0.493 e. The van der Waals surface area contributed by atoms with E-state index in [4.69, 9.17) is 26.8 Å². The number of piperazine rings is 1. The van der Waals surface area contributed by atoms with Crippen molar-refractivity contribution in [2.24, 2.45) is 5.73 Å². The number of nitrogens with one attached hydrogen (secondary N) is 1. The van der Waals surface area contributed by atoms with Gasteiger partial charge in [-0.2, -0.15) is 0 Å². The number of anilines is 1. The molecule has 0 radical (unpaired) electrons. The van der Waals surface area contributed by atoms with Crippen LogP contribution >= 0.6 is 11.6 Å². The molecular weight excluding hydrogens is 476 g/mol. The largest absolute Gasteiger partial charge is 0.493 e. The quantitative estimate of drug-likeness (QED) is 0.356. The van der Waals surface area contributed by atoms with Crippen molar-refractivity contribution in [2.45, 2.75) is 19.5 Å². The molecule has 0 saturated carbocycles. The molecular formula is C27H33ClN6O2. The molecule has 2 aromatic heterocycles. The Morgan fingerprint density at radius 2 is 1.86 bits per heavy atom. The topological polar surface area (TPSA) is 84.6 Å². The van der Waals surface area contributed by atoms with E-state index in [0.29, 0.717) is 13.1 Å². The van der Waals surface area contributed by atoms with Crippen molar-refractivity contribution in [3.63, 3.8) is 0 Å². The smallest absolute Gasteiger partial charge is 0.162 e. The molecule has 3 N–H and O–H groups in total. The highest BCUT2D eigenvalue weighted by molar-refractivity contribution is 6.31. The Labute approximate surface area is 216 Å². The van der Waals surface area contributed by atoms with Crippen molar-refractivity contribution in [1.82, 2.24) is 19.4 Å². The molecule has 0 unspecified atom stereocenters. The van der Waals surface area contributed by atoms with Gasteiger partial charge in [0, 0.05) is 79.4 Å². The number of H-pyrrole nitrogens is 1. The molecule has 1 aliphatic rings. The minimum atomic E-state index is 0.450. The third-order valence-corrected chi connectivity index (χ3v) is 7.43. The zero-order valence-corrected chi connectivity index (χ0v) is 21.6. The van der Waals surface area contributed by atoms with Gasteiger partial charge in [-0.25, -0.2) is 4.98 Å². The van der Waals surface area contributed by atoms with Crippen molar-refractivity contribution < 1.29 is 9.47 Å². The third kappa shape index (κ3) is 4.89. The number of nitrogens with two attached hydrogens (primary N) is 1. The van der Waals surface area contributed by atoms with Gasteiger partial charge in [-0.1, -0.05) is 17.7 Å². The summed E-state index contributed by atoms with van der Waals surface area (Å²) in [5, 5.41) is 1.94. The van der Waals surface area contributed by atoms with Crippen molar-refractivity contribution in [2.75, 3.05) is 51.8 Å². The summed E-state index contributed by atoms with van der Waals surface area (Å²) in [6, 6.07) is 10.2. The number of ether oxygens (including phenoxy) is 2. The lowest BCUT2D eigenvalue weighted by molar-refractivity contribution is 0.261. The summed E-state index contributed by atoms with van der Waals surface area (Å²) in [6.07, 6.45) is 6.78. The van der Waals surface area contributed by atoms with E-state index in [-0.39, 0.29) is 0 Å². The summed E-state index contributed by atoms with van der Waals surface area (Å²) in [5.41, 5.74) is 11.6. The Morgan fingerprint density at radius 1 is 1.08 bits per heavy atom. The average molecular weight is 509 g/mol. The van der Waals surface area contributed by atoms with Crippen molar-refractivity contribution in [1.29, 1.82) is 0 Å². The Bertz CT molecular complexity index is 1310. The van der Waals surface area contributed by atoms with Gasteiger partial charge in [-0.15, -0.1) is 0 Å². The van der Waals surface area contributed by atoms with Crippen LogP contribution in [0.4, 0.5) is 5.69 Å². The Hall–Kier alpha value is -3.20. The summed E-state index contributed by atoms with van der Waals surface area (Å²) in [7, 11) is 3.35. The zero-order chi connectivity index (χ0) is 25.1. The first-order valence-corrected chi connectivity index (χ1v) is 12.6. The monoisotopic (exact) mass is 508 g/mol. The van der Waals surface area contributed by atoms with Crippen LogP contribution in [0.15, 0.2) is 49.1 Å².